The van der Waals surface area contributed by atoms with Crippen LogP contribution in [0.3, 0.4) is 0 Å². The van der Waals surface area contributed by atoms with E-state index < -0.39 is 0 Å². The van der Waals surface area contributed by atoms with E-state index in [4.69, 9.17) is 4.74 Å². The predicted molar refractivity (Wildman–Crippen MR) is 82.2 cm³/mol. The molecule has 112 valence electrons. The highest BCUT2D eigenvalue weighted by Crippen LogP contribution is 2.25. The lowest BCUT2D eigenvalue weighted by Crippen LogP contribution is -2.32. The zero-order chi connectivity index (χ0) is 14.5. The molecular weight excluding hydrogens is 250 g/mol. The molecule has 1 aliphatic heterocycles. The van der Waals surface area contributed by atoms with Gasteiger partial charge in [-0.05, 0) is 53.2 Å². The van der Waals surface area contributed by atoms with Crippen LogP contribution in [0.5, 0.6) is 5.75 Å². The van der Waals surface area contributed by atoms with Gasteiger partial charge in [0.1, 0.15) is 5.75 Å². The maximum Gasteiger partial charge on any atom is 0.128 e. The molecule has 1 N–H and O–H groups in total. The molecule has 1 aromatic rings. The highest BCUT2D eigenvalue weighted by Gasteiger charge is 2.19. The minimum absolute atomic E-state index is 0.651. The summed E-state index contributed by atoms with van der Waals surface area (Å²) in [6, 6.07) is 0.651. The van der Waals surface area contributed by atoms with Crippen molar-refractivity contribution in [2.75, 3.05) is 27.2 Å². The van der Waals surface area contributed by atoms with Crippen molar-refractivity contribution in [1.29, 1.82) is 0 Å². The van der Waals surface area contributed by atoms with Gasteiger partial charge >= 0.3 is 0 Å². The predicted octanol–water partition coefficient (Wildman–Crippen LogP) is 2.28. The van der Waals surface area contributed by atoms with E-state index in [-0.39, 0.29) is 0 Å². The van der Waals surface area contributed by atoms with Crippen LogP contribution in [0.1, 0.15) is 36.1 Å². The molecule has 0 radical (unpaired) electrons. The second-order valence-corrected chi connectivity index (χ2v) is 5.80. The fourth-order valence-corrected chi connectivity index (χ4v) is 3.04. The average molecular weight is 277 g/mol. The van der Waals surface area contributed by atoms with Crippen molar-refractivity contribution >= 4 is 0 Å². The summed E-state index contributed by atoms with van der Waals surface area (Å²) in [7, 11) is 3.95. The summed E-state index contributed by atoms with van der Waals surface area (Å²) in [5.41, 5.74) is 3.41. The number of aromatic nitrogens is 1. The molecule has 1 saturated heterocycles. The largest absolute Gasteiger partial charge is 0.496 e. The van der Waals surface area contributed by atoms with Gasteiger partial charge < -0.3 is 10.1 Å². The second-order valence-electron chi connectivity index (χ2n) is 5.80. The molecule has 1 fully saturated rings. The Morgan fingerprint density at radius 1 is 1.35 bits per heavy atom. The van der Waals surface area contributed by atoms with Gasteiger partial charge in [0.25, 0.3) is 0 Å². The van der Waals surface area contributed by atoms with E-state index in [0.29, 0.717) is 6.04 Å². The van der Waals surface area contributed by atoms with E-state index in [0.717, 1.165) is 36.6 Å². The Kier molecular flexibility index (Phi) is 5.38. The summed E-state index contributed by atoms with van der Waals surface area (Å²) in [5, 5.41) is 3.47. The third kappa shape index (κ3) is 3.49. The molecular formula is C16H27N3O. The van der Waals surface area contributed by atoms with Gasteiger partial charge in [-0.2, -0.15) is 0 Å². The van der Waals surface area contributed by atoms with E-state index in [2.05, 4.69) is 29.2 Å². The zero-order valence-corrected chi connectivity index (χ0v) is 13.2. The molecule has 0 aromatic carbocycles. The van der Waals surface area contributed by atoms with Gasteiger partial charge in [0.05, 0.1) is 12.8 Å². The number of hydrogen-bond acceptors (Lipinski definition) is 4. The molecule has 2 rings (SSSR count). The normalized spacial score (nSPS) is 19.9. The third-order valence-corrected chi connectivity index (χ3v) is 4.32. The van der Waals surface area contributed by atoms with E-state index >= 15 is 0 Å². The summed E-state index contributed by atoms with van der Waals surface area (Å²) in [6.07, 6.45) is 5.67. The van der Waals surface area contributed by atoms with Crippen molar-refractivity contribution in [1.82, 2.24) is 15.2 Å². The number of pyridine rings is 1. The molecule has 1 unspecified atom stereocenters. The number of nitrogens with one attached hydrogen (secondary N) is 1. The van der Waals surface area contributed by atoms with Crippen molar-refractivity contribution in [3.63, 3.8) is 0 Å². The lowest BCUT2D eigenvalue weighted by Gasteiger charge is -2.27. The van der Waals surface area contributed by atoms with Crippen molar-refractivity contribution in [2.45, 2.75) is 45.7 Å². The van der Waals surface area contributed by atoms with Gasteiger partial charge in [0.2, 0.25) is 0 Å². The molecule has 1 aliphatic rings. The van der Waals surface area contributed by atoms with Gasteiger partial charge in [-0.25, -0.2) is 0 Å². The lowest BCUT2D eigenvalue weighted by atomic mass is 10.1. The van der Waals surface area contributed by atoms with Crippen LogP contribution in [0.2, 0.25) is 0 Å². The van der Waals surface area contributed by atoms with E-state index in [1.165, 1.54) is 24.8 Å². The van der Waals surface area contributed by atoms with Gasteiger partial charge in [-0.1, -0.05) is 0 Å². The molecule has 4 nitrogen and oxygen atoms in total. The molecule has 0 spiro atoms. The first kappa shape index (κ1) is 15.3. The first-order chi connectivity index (χ1) is 9.63. The van der Waals surface area contributed by atoms with Gasteiger partial charge in [-0.3, -0.25) is 9.88 Å². The highest BCUT2D eigenvalue weighted by atomic mass is 16.5. The fourth-order valence-electron chi connectivity index (χ4n) is 3.04. The lowest BCUT2D eigenvalue weighted by molar-refractivity contribution is 0.213. The summed E-state index contributed by atoms with van der Waals surface area (Å²) < 4.78 is 5.49. The van der Waals surface area contributed by atoms with Crippen LogP contribution in [-0.2, 0) is 6.54 Å². The third-order valence-electron chi connectivity index (χ3n) is 4.32. The molecule has 0 aliphatic carbocycles. The molecule has 20 heavy (non-hydrogen) atoms. The molecule has 1 atom stereocenters. The number of methoxy groups -OCH3 is 1. The minimum Gasteiger partial charge on any atom is -0.496 e. The number of rotatable bonds is 4. The first-order valence-corrected chi connectivity index (χ1v) is 7.53. The second kappa shape index (κ2) is 7.04. The standard InChI is InChI=1S/C16H27N3O/c1-12-10-18-15(13(2)16(12)20-4)11-19(3)14-6-5-8-17-9-7-14/h10,14,17H,5-9,11H2,1-4H3. The summed E-state index contributed by atoms with van der Waals surface area (Å²) in [4.78, 5) is 7.05. The fraction of sp³-hybridized carbons (Fsp3) is 0.688. The minimum atomic E-state index is 0.651. The topological polar surface area (TPSA) is 37.4 Å². The van der Waals surface area contributed by atoms with Crippen LogP contribution in [0.15, 0.2) is 6.20 Å². The summed E-state index contributed by atoms with van der Waals surface area (Å²) >= 11 is 0. The molecule has 0 amide bonds. The zero-order valence-electron chi connectivity index (χ0n) is 13.2. The van der Waals surface area contributed by atoms with Crippen LogP contribution >= 0.6 is 0 Å². The van der Waals surface area contributed by atoms with Crippen molar-refractivity contribution in [2.24, 2.45) is 0 Å². The number of nitrogens with zero attached hydrogens (tertiary/aromatic N) is 2. The quantitative estimate of drug-likeness (QED) is 0.916. The monoisotopic (exact) mass is 277 g/mol. The van der Waals surface area contributed by atoms with Crippen molar-refractivity contribution in [3.05, 3.63) is 23.0 Å². The molecule has 4 heteroatoms. The van der Waals surface area contributed by atoms with Gasteiger partial charge in [0.15, 0.2) is 0 Å². The van der Waals surface area contributed by atoms with Crippen LogP contribution in [0.25, 0.3) is 0 Å². The van der Waals surface area contributed by atoms with Crippen molar-refractivity contribution in [3.8, 4) is 5.75 Å². The number of hydrogen-bond donors (Lipinski definition) is 1. The Labute approximate surface area is 122 Å². The maximum atomic E-state index is 5.49. The van der Waals surface area contributed by atoms with Crippen LogP contribution in [0.4, 0.5) is 0 Å². The van der Waals surface area contributed by atoms with Crippen molar-refractivity contribution < 1.29 is 4.74 Å². The van der Waals surface area contributed by atoms with Gasteiger partial charge in [0, 0.05) is 29.9 Å². The van der Waals surface area contributed by atoms with Crippen LogP contribution < -0.4 is 10.1 Å². The summed E-state index contributed by atoms with van der Waals surface area (Å²) in [5.74, 6) is 0.978. The molecule has 2 heterocycles. The number of aryl methyl sites for hydroxylation is 1. The Morgan fingerprint density at radius 2 is 2.15 bits per heavy atom. The number of ether oxygens (including phenoxy) is 1. The average Bonchev–Trinajstić information content (AvgIpc) is 2.71. The van der Waals surface area contributed by atoms with Crippen LogP contribution in [0, 0.1) is 13.8 Å². The molecule has 1 aromatic heterocycles. The summed E-state index contributed by atoms with van der Waals surface area (Å²) in [6.45, 7) is 7.33. The Morgan fingerprint density at radius 3 is 2.90 bits per heavy atom. The Balaban J connectivity index is 2.08. The molecule has 0 saturated carbocycles. The Hall–Kier alpha value is -1.13. The Bertz CT molecular complexity index is 440. The maximum absolute atomic E-state index is 5.49. The van der Waals surface area contributed by atoms with Gasteiger partial charge in [-0.15, -0.1) is 0 Å². The molecule has 0 bridgehead atoms. The van der Waals surface area contributed by atoms with E-state index in [1.54, 1.807) is 7.11 Å². The van der Waals surface area contributed by atoms with E-state index in [9.17, 15) is 0 Å². The highest BCUT2D eigenvalue weighted by molar-refractivity contribution is 5.41. The van der Waals surface area contributed by atoms with E-state index in [1.807, 2.05) is 13.1 Å². The smallest absolute Gasteiger partial charge is 0.128 e. The first-order valence-electron chi connectivity index (χ1n) is 7.53. The SMILES string of the molecule is COc1c(C)cnc(CN(C)C2CCCNCC2)c1C. The van der Waals surface area contributed by atoms with Crippen LogP contribution in [-0.4, -0.2) is 43.2 Å².